The molecule has 0 saturated heterocycles. The molecule has 0 unspecified atom stereocenters. The summed E-state index contributed by atoms with van der Waals surface area (Å²) < 4.78 is 23.4. The van der Waals surface area contributed by atoms with Crippen LogP contribution in [0.15, 0.2) is 0 Å². The zero-order chi connectivity index (χ0) is 9.56. The van der Waals surface area contributed by atoms with Crippen LogP contribution in [0.5, 0.6) is 0 Å². The quantitative estimate of drug-likeness (QED) is 0.665. The molecule has 5 heteroatoms. The average Bonchev–Trinajstić information content (AvgIpc) is 1.84. The summed E-state index contributed by atoms with van der Waals surface area (Å²) in [5.74, 6) is -0.888. The standard InChI is InChI=1S/C7H13F2NO2/c1-10(5-6(8)9)4-2-3-7(11)12/h6H,2-5H2,1H3,(H,11,12). The SMILES string of the molecule is CN(CCCC(=O)O)CC(F)F. The molecule has 0 fully saturated rings. The van der Waals surface area contributed by atoms with E-state index in [0.29, 0.717) is 13.0 Å². The van der Waals surface area contributed by atoms with Crippen LogP contribution in [0.3, 0.4) is 0 Å². The third-order valence-electron chi connectivity index (χ3n) is 1.38. The normalized spacial score (nSPS) is 11.1. The second-order valence-electron chi connectivity index (χ2n) is 2.65. The summed E-state index contributed by atoms with van der Waals surface area (Å²) in [4.78, 5) is 11.5. The van der Waals surface area contributed by atoms with Crippen LogP contribution in [0, 0.1) is 0 Å². The molecule has 0 rings (SSSR count). The highest BCUT2D eigenvalue weighted by atomic mass is 19.3. The second kappa shape index (κ2) is 5.88. The van der Waals surface area contributed by atoms with Gasteiger partial charge in [-0.25, -0.2) is 8.78 Å². The second-order valence-corrected chi connectivity index (χ2v) is 2.65. The lowest BCUT2D eigenvalue weighted by Crippen LogP contribution is -2.25. The third kappa shape index (κ3) is 7.40. The molecule has 0 spiro atoms. The minimum absolute atomic E-state index is 0.0353. The van der Waals surface area contributed by atoms with Gasteiger partial charge >= 0.3 is 5.97 Å². The average molecular weight is 181 g/mol. The van der Waals surface area contributed by atoms with Gasteiger partial charge in [0.15, 0.2) is 0 Å². The molecule has 0 radical (unpaired) electrons. The summed E-state index contributed by atoms with van der Waals surface area (Å²) in [5, 5.41) is 8.24. The number of carboxylic acids is 1. The molecule has 12 heavy (non-hydrogen) atoms. The minimum Gasteiger partial charge on any atom is -0.481 e. The van der Waals surface area contributed by atoms with E-state index >= 15 is 0 Å². The van der Waals surface area contributed by atoms with E-state index in [1.54, 1.807) is 7.05 Å². The van der Waals surface area contributed by atoms with Crippen LogP contribution in [0.1, 0.15) is 12.8 Å². The van der Waals surface area contributed by atoms with Gasteiger partial charge in [0.1, 0.15) is 0 Å². The van der Waals surface area contributed by atoms with Gasteiger partial charge in [-0.1, -0.05) is 0 Å². The van der Waals surface area contributed by atoms with Gasteiger partial charge in [0.05, 0.1) is 6.54 Å². The lowest BCUT2D eigenvalue weighted by Gasteiger charge is -2.14. The van der Waals surface area contributed by atoms with Crippen LogP contribution < -0.4 is 0 Å². The van der Waals surface area contributed by atoms with Crippen molar-refractivity contribution in [2.24, 2.45) is 0 Å². The zero-order valence-corrected chi connectivity index (χ0v) is 6.96. The van der Waals surface area contributed by atoms with Gasteiger partial charge in [0, 0.05) is 6.42 Å². The van der Waals surface area contributed by atoms with Crippen LogP contribution in [0.4, 0.5) is 8.78 Å². The summed E-state index contributed by atoms with van der Waals surface area (Å²) >= 11 is 0. The smallest absolute Gasteiger partial charge is 0.303 e. The Hall–Kier alpha value is -0.710. The first-order valence-corrected chi connectivity index (χ1v) is 3.71. The fourth-order valence-electron chi connectivity index (χ4n) is 0.827. The molecular formula is C7H13F2NO2. The number of rotatable bonds is 6. The molecule has 0 heterocycles. The predicted molar refractivity (Wildman–Crippen MR) is 40.4 cm³/mol. The van der Waals surface area contributed by atoms with Gasteiger partial charge < -0.3 is 10.0 Å². The number of nitrogens with zero attached hydrogens (tertiary/aromatic N) is 1. The predicted octanol–water partition coefficient (Wildman–Crippen LogP) is 1.05. The van der Waals surface area contributed by atoms with Crippen LogP contribution in [0.2, 0.25) is 0 Å². The monoisotopic (exact) mass is 181 g/mol. The van der Waals surface area contributed by atoms with Gasteiger partial charge in [-0.2, -0.15) is 0 Å². The molecule has 0 aromatic heterocycles. The zero-order valence-electron chi connectivity index (χ0n) is 6.96. The molecule has 0 aromatic carbocycles. The maximum atomic E-state index is 11.7. The Morgan fingerprint density at radius 2 is 2.17 bits per heavy atom. The number of carboxylic acid groups (broad SMARTS) is 1. The number of alkyl halides is 2. The van der Waals surface area contributed by atoms with Crippen molar-refractivity contribution in [2.45, 2.75) is 19.3 Å². The number of carbonyl (C=O) groups is 1. The molecule has 0 atom stereocenters. The molecule has 1 N–H and O–H groups in total. The molecule has 0 aromatic rings. The van der Waals surface area contributed by atoms with Crippen LogP contribution in [-0.4, -0.2) is 42.5 Å². The van der Waals surface area contributed by atoms with E-state index in [1.165, 1.54) is 4.90 Å². The first-order valence-electron chi connectivity index (χ1n) is 3.71. The van der Waals surface area contributed by atoms with Crippen molar-refractivity contribution in [1.82, 2.24) is 4.90 Å². The minimum atomic E-state index is -2.35. The van der Waals surface area contributed by atoms with E-state index in [1.807, 2.05) is 0 Å². The molecule has 3 nitrogen and oxygen atoms in total. The summed E-state index contributed by atoms with van der Waals surface area (Å²) in [6.07, 6.45) is -1.90. The fourth-order valence-corrected chi connectivity index (χ4v) is 0.827. The van der Waals surface area contributed by atoms with Gasteiger partial charge in [-0.3, -0.25) is 4.79 Å². The van der Waals surface area contributed by atoms with Crippen molar-refractivity contribution in [2.75, 3.05) is 20.1 Å². The van der Waals surface area contributed by atoms with Crippen molar-refractivity contribution < 1.29 is 18.7 Å². The molecule has 0 saturated carbocycles. The largest absolute Gasteiger partial charge is 0.481 e. The molecule has 0 amide bonds. The van der Waals surface area contributed by atoms with Crippen molar-refractivity contribution in [1.29, 1.82) is 0 Å². The van der Waals surface area contributed by atoms with Crippen molar-refractivity contribution >= 4 is 5.97 Å². The first kappa shape index (κ1) is 11.3. The summed E-state index contributed by atoms with van der Waals surface area (Å²) in [6, 6.07) is 0. The maximum absolute atomic E-state index is 11.7. The molecule has 0 bridgehead atoms. The lowest BCUT2D eigenvalue weighted by atomic mass is 10.3. The van der Waals surface area contributed by atoms with Crippen LogP contribution in [0.25, 0.3) is 0 Å². The first-order chi connectivity index (χ1) is 5.52. The topological polar surface area (TPSA) is 40.5 Å². The summed E-state index contributed by atoms with van der Waals surface area (Å²) in [6.45, 7) is 0.107. The van der Waals surface area contributed by atoms with Crippen molar-refractivity contribution in [3.8, 4) is 0 Å². The highest BCUT2D eigenvalue weighted by molar-refractivity contribution is 5.66. The van der Waals surface area contributed by atoms with E-state index in [0.717, 1.165) is 0 Å². The molecule has 72 valence electrons. The molecule has 0 aliphatic rings. The Kier molecular flexibility index (Phi) is 5.53. The lowest BCUT2D eigenvalue weighted by molar-refractivity contribution is -0.137. The number of halogens is 2. The van der Waals surface area contributed by atoms with Gasteiger partial charge in [-0.05, 0) is 20.0 Å². The van der Waals surface area contributed by atoms with Crippen molar-refractivity contribution in [3.05, 3.63) is 0 Å². The number of hydrogen-bond donors (Lipinski definition) is 1. The van der Waals surface area contributed by atoms with Gasteiger partial charge in [-0.15, -0.1) is 0 Å². The van der Waals surface area contributed by atoms with Gasteiger partial charge in [0.25, 0.3) is 6.43 Å². The Bertz CT molecular complexity index is 141. The molecule has 0 aliphatic carbocycles. The molecular weight excluding hydrogens is 168 g/mol. The highest BCUT2D eigenvalue weighted by Crippen LogP contribution is 1.98. The molecule has 0 aliphatic heterocycles. The fraction of sp³-hybridized carbons (Fsp3) is 0.857. The van der Waals surface area contributed by atoms with E-state index in [2.05, 4.69) is 0 Å². The van der Waals surface area contributed by atoms with Gasteiger partial charge in [0.2, 0.25) is 0 Å². The Labute approximate surface area is 70.0 Å². The Morgan fingerprint density at radius 1 is 1.58 bits per heavy atom. The van der Waals surface area contributed by atoms with E-state index < -0.39 is 12.4 Å². The summed E-state index contributed by atoms with van der Waals surface area (Å²) in [5.41, 5.74) is 0. The van der Waals surface area contributed by atoms with Crippen LogP contribution >= 0.6 is 0 Å². The highest BCUT2D eigenvalue weighted by Gasteiger charge is 2.07. The van der Waals surface area contributed by atoms with Crippen molar-refractivity contribution in [3.63, 3.8) is 0 Å². The number of hydrogen-bond acceptors (Lipinski definition) is 2. The maximum Gasteiger partial charge on any atom is 0.303 e. The Balaban J connectivity index is 3.31. The van der Waals surface area contributed by atoms with E-state index in [9.17, 15) is 13.6 Å². The summed E-state index contributed by atoms with van der Waals surface area (Å²) in [7, 11) is 1.55. The van der Waals surface area contributed by atoms with E-state index in [-0.39, 0.29) is 13.0 Å². The van der Waals surface area contributed by atoms with E-state index in [4.69, 9.17) is 5.11 Å². The number of aliphatic carboxylic acids is 1. The van der Waals surface area contributed by atoms with Crippen LogP contribution in [-0.2, 0) is 4.79 Å². The Morgan fingerprint density at radius 3 is 2.58 bits per heavy atom. The third-order valence-corrected chi connectivity index (χ3v) is 1.38.